The van der Waals surface area contributed by atoms with Crippen LogP contribution in [0.5, 0.6) is 0 Å². The van der Waals surface area contributed by atoms with Crippen LogP contribution in [0.4, 0.5) is 0 Å². The highest BCUT2D eigenvalue weighted by molar-refractivity contribution is 6.01. The summed E-state index contributed by atoms with van der Waals surface area (Å²) in [5, 5.41) is 4.25. The van der Waals surface area contributed by atoms with Crippen molar-refractivity contribution in [3.63, 3.8) is 0 Å². The van der Waals surface area contributed by atoms with E-state index in [4.69, 9.17) is 9.47 Å². The van der Waals surface area contributed by atoms with Gasteiger partial charge in [0.15, 0.2) is 5.92 Å². The molecule has 0 N–H and O–H groups in total. The molecule has 0 saturated carbocycles. The average molecular weight is 426 g/mol. The van der Waals surface area contributed by atoms with Crippen LogP contribution in [0.25, 0.3) is 5.69 Å². The van der Waals surface area contributed by atoms with E-state index in [0.29, 0.717) is 11.3 Å². The van der Waals surface area contributed by atoms with Gasteiger partial charge < -0.3 is 9.47 Å². The van der Waals surface area contributed by atoms with E-state index in [2.05, 4.69) is 5.10 Å². The first kappa shape index (κ1) is 21.1. The van der Waals surface area contributed by atoms with Crippen molar-refractivity contribution in [2.75, 3.05) is 0 Å². The lowest BCUT2D eigenvalue weighted by Crippen LogP contribution is -2.27. The highest BCUT2D eigenvalue weighted by Gasteiger charge is 2.34. The van der Waals surface area contributed by atoms with Gasteiger partial charge in [0.05, 0.1) is 5.69 Å². The maximum Gasteiger partial charge on any atom is 0.325 e. The Balaban J connectivity index is 1.60. The largest absolute Gasteiger partial charge is 0.460 e. The molecular formula is C26H22N2O4. The van der Waals surface area contributed by atoms with Crippen molar-refractivity contribution in [1.82, 2.24) is 9.78 Å². The Bertz CT molecular complexity index is 1100. The predicted molar refractivity (Wildman–Crippen MR) is 119 cm³/mol. The average Bonchev–Trinajstić information content (AvgIpc) is 3.38. The smallest absolute Gasteiger partial charge is 0.325 e. The minimum Gasteiger partial charge on any atom is -0.460 e. The quantitative estimate of drug-likeness (QED) is 0.308. The van der Waals surface area contributed by atoms with Crippen LogP contribution < -0.4 is 0 Å². The molecule has 1 aromatic heterocycles. The maximum absolute atomic E-state index is 13.1. The van der Waals surface area contributed by atoms with Gasteiger partial charge in [-0.15, -0.1) is 0 Å². The number of esters is 2. The summed E-state index contributed by atoms with van der Waals surface area (Å²) in [5.74, 6) is -2.60. The van der Waals surface area contributed by atoms with Crippen molar-refractivity contribution in [2.24, 2.45) is 0 Å². The molecule has 0 spiro atoms. The maximum atomic E-state index is 13.1. The van der Waals surface area contributed by atoms with Gasteiger partial charge in [0.25, 0.3) is 0 Å². The van der Waals surface area contributed by atoms with Crippen LogP contribution in [-0.4, -0.2) is 21.7 Å². The van der Waals surface area contributed by atoms with Crippen molar-refractivity contribution in [3.05, 3.63) is 120 Å². The third-order valence-electron chi connectivity index (χ3n) is 4.92. The standard InChI is InChI=1S/C26H22N2O4/c29-25(31-18-20-10-3-1-4-11-20)24(26(30)32-19-21-12-5-2-6-13-21)22-14-7-8-15-23(22)28-17-9-16-27-28/h1-17,24H,18-19H2. The molecule has 3 aromatic carbocycles. The van der Waals surface area contributed by atoms with Crippen LogP contribution >= 0.6 is 0 Å². The summed E-state index contributed by atoms with van der Waals surface area (Å²) < 4.78 is 12.6. The van der Waals surface area contributed by atoms with Gasteiger partial charge in [-0.3, -0.25) is 9.59 Å². The molecule has 0 amide bonds. The van der Waals surface area contributed by atoms with Crippen molar-refractivity contribution < 1.29 is 19.1 Å². The van der Waals surface area contributed by atoms with Crippen LogP contribution in [-0.2, 0) is 32.3 Å². The second-order valence-corrected chi connectivity index (χ2v) is 7.13. The fourth-order valence-electron chi connectivity index (χ4n) is 3.33. The van der Waals surface area contributed by atoms with Gasteiger partial charge >= 0.3 is 11.9 Å². The van der Waals surface area contributed by atoms with Crippen LogP contribution in [0.1, 0.15) is 22.6 Å². The molecule has 0 fully saturated rings. The molecule has 0 atom stereocenters. The number of para-hydroxylation sites is 1. The Morgan fingerprint density at radius 2 is 1.25 bits per heavy atom. The van der Waals surface area contributed by atoms with Gasteiger partial charge in [-0.25, -0.2) is 4.68 Å². The first-order valence-electron chi connectivity index (χ1n) is 10.2. The summed E-state index contributed by atoms with van der Waals surface area (Å²) >= 11 is 0. The Labute approximate surface area is 186 Å². The number of carbonyl (C=O) groups is 2. The lowest BCUT2D eigenvalue weighted by molar-refractivity contribution is -0.159. The van der Waals surface area contributed by atoms with E-state index >= 15 is 0 Å². The van der Waals surface area contributed by atoms with Gasteiger partial charge in [-0.2, -0.15) is 5.10 Å². The Morgan fingerprint density at radius 1 is 0.719 bits per heavy atom. The Hall–Kier alpha value is -4.19. The fraction of sp³-hybridized carbons (Fsp3) is 0.115. The van der Waals surface area contributed by atoms with E-state index < -0.39 is 17.9 Å². The molecule has 0 radical (unpaired) electrons. The van der Waals surface area contributed by atoms with Crippen LogP contribution in [0.15, 0.2) is 103 Å². The molecule has 160 valence electrons. The highest BCUT2D eigenvalue weighted by atomic mass is 16.6. The van der Waals surface area contributed by atoms with Crippen molar-refractivity contribution >= 4 is 11.9 Å². The number of hydrogen-bond donors (Lipinski definition) is 0. The zero-order valence-corrected chi connectivity index (χ0v) is 17.3. The van der Waals surface area contributed by atoms with Crippen molar-refractivity contribution in [1.29, 1.82) is 0 Å². The van der Waals surface area contributed by atoms with E-state index in [1.54, 1.807) is 41.3 Å². The lowest BCUT2D eigenvalue weighted by Gasteiger charge is -2.19. The summed E-state index contributed by atoms with van der Waals surface area (Å²) in [4.78, 5) is 26.3. The van der Waals surface area contributed by atoms with E-state index in [9.17, 15) is 9.59 Å². The minimum absolute atomic E-state index is 0.0616. The molecule has 6 heteroatoms. The fourth-order valence-corrected chi connectivity index (χ4v) is 3.33. The molecule has 0 aliphatic rings. The molecule has 0 bridgehead atoms. The summed E-state index contributed by atoms with van der Waals surface area (Å²) in [5.41, 5.74) is 2.73. The van der Waals surface area contributed by atoms with E-state index in [1.165, 1.54) is 0 Å². The molecular weight excluding hydrogens is 404 g/mol. The van der Waals surface area contributed by atoms with Gasteiger partial charge in [-0.05, 0) is 23.3 Å². The van der Waals surface area contributed by atoms with Gasteiger partial charge in [0.2, 0.25) is 0 Å². The van der Waals surface area contributed by atoms with E-state index in [0.717, 1.165) is 11.1 Å². The van der Waals surface area contributed by atoms with Crippen LogP contribution in [0, 0.1) is 0 Å². The summed E-state index contributed by atoms with van der Waals surface area (Å²) in [6.45, 7) is 0.123. The number of rotatable bonds is 8. The summed E-state index contributed by atoms with van der Waals surface area (Å²) in [7, 11) is 0. The van der Waals surface area contributed by atoms with Crippen LogP contribution in [0.3, 0.4) is 0 Å². The zero-order chi connectivity index (χ0) is 22.2. The topological polar surface area (TPSA) is 70.4 Å². The van der Waals surface area contributed by atoms with Gasteiger partial charge in [-0.1, -0.05) is 78.9 Å². The lowest BCUT2D eigenvalue weighted by atomic mass is 9.97. The normalized spacial score (nSPS) is 10.7. The predicted octanol–water partition coefficient (Wildman–Crippen LogP) is 4.44. The summed E-state index contributed by atoms with van der Waals surface area (Å²) in [6, 6.07) is 27.5. The number of ether oxygens (including phenoxy) is 2. The molecule has 0 saturated heterocycles. The van der Waals surface area contributed by atoms with Crippen molar-refractivity contribution in [3.8, 4) is 5.69 Å². The number of aromatic nitrogens is 2. The molecule has 4 rings (SSSR count). The molecule has 4 aromatic rings. The number of hydrogen-bond acceptors (Lipinski definition) is 5. The van der Waals surface area contributed by atoms with Crippen LogP contribution in [0.2, 0.25) is 0 Å². The third-order valence-corrected chi connectivity index (χ3v) is 4.92. The zero-order valence-electron chi connectivity index (χ0n) is 17.3. The number of benzene rings is 3. The highest BCUT2D eigenvalue weighted by Crippen LogP contribution is 2.27. The van der Waals surface area contributed by atoms with Crippen molar-refractivity contribution in [2.45, 2.75) is 19.1 Å². The third kappa shape index (κ3) is 5.10. The minimum atomic E-state index is -1.25. The monoisotopic (exact) mass is 426 g/mol. The molecule has 32 heavy (non-hydrogen) atoms. The Morgan fingerprint density at radius 3 is 1.78 bits per heavy atom. The molecule has 0 aliphatic carbocycles. The molecule has 0 unspecified atom stereocenters. The molecule has 1 heterocycles. The summed E-state index contributed by atoms with van der Waals surface area (Å²) in [6.07, 6.45) is 3.38. The number of nitrogens with zero attached hydrogens (tertiary/aromatic N) is 2. The second-order valence-electron chi connectivity index (χ2n) is 7.13. The van der Waals surface area contributed by atoms with E-state index in [-0.39, 0.29) is 13.2 Å². The number of carbonyl (C=O) groups excluding carboxylic acids is 2. The Kier molecular flexibility index (Phi) is 6.72. The molecule has 0 aliphatic heterocycles. The van der Waals surface area contributed by atoms with E-state index in [1.807, 2.05) is 66.7 Å². The van der Waals surface area contributed by atoms with Gasteiger partial charge in [0, 0.05) is 18.0 Å². The van der Waals surface area contributed by atoms with Gasteiger partial charge in [0.1, 0.15) is 13.2 Å². The SMILES string of the molecule is O=C(OCc1ccccc1)C(C(=O)OCc1ccccc1)c1ccccc1-n1cccn1. The second kappa shape index (κ2) is 10.2. The molecule has 6 nitrogen and oxygen atoms in total. The first-order chi connectivity index (χ1) is 15.7. The first-order valence-corrected chi connectivity index (χ1v) is 10.2.